The Morgan fingerprint density at radius 1 is 1.16 bits per heavy atom. The van der Waals surface area contributed by atoms with Gasteiger partial charge in [-0.2, -0.15) is 5.26 Å². The van der Waals surface area contributed by atoms with Gasteiger partial charge in [0.25, 0.3) is 5.91 Å². The second kappa shape index (κ2) is 11.7. The predicted molar refractivity (Wildman–Crippen MR) is 121 cm³/mol. The van der Waals surface area contributed by atoms with Crippen molar-refractivity contribution in [3.63, 3.8) is 0 Å². The Morgan fingerprint density at radius 2 is 1.88 bits per heavy atom. The van der Waals surface area contributed by atoms with Crippen molar-refractivity contribution in [3.05, 3.63) is 71.0 Å². The third-order valence-electron chi connectivity index (χ3n) is 4.29. The molecule has 6 nitrogen and oxygen atoms in total. The van der Waals surface area contributed by atoms with Gasteiger partial charge in [-0.3, -0.25) is 9.59 Å². The number of ether oxygens (including phenoxy) is 1. The normalized spacial score (nSPS) is 11.4. The minimum atomic E-state index is -0.593. The van der Waals surface area contributed by atoms with Crippen LogP contribution in [0.5, 0.6) is 5.75 Å². The average Bonchev–Trinajstić information content (AvgIpc) is 2.73. The summed E-state index contributed by atoms with van der Waals surface area (Å²) in [7, 11) is 0. The summed E-state index contributed by atoms with van der Waals surface area (Å²) in [6.45, 7) is 5.92. The molecule has 2 rings (SSSR count). The molecule has 0 aliphatic heterocycles. The van der Waals surface area contributed by atoms with E-state index in [1.165, 1.54) is 24.3 Å². The number of rotatable bonds is 9. The standard InChI is InChI=1S/C25H28FN3O3/c1-25(2,3)29-24(31)20(17-27)15-19-9-10-21(26)22(16-19)32-14-12-23(30)28-13-11-18-7-5-4-6-8-18/h4-10,15-16H,11-14H2,1-3H3,(H,28,30)(H,29,31). The molecule has 0 spiro atoms. The monoisotopic (exact) mass is 437 g/mol. The smallest absolute Gasteiger partial charge is 0.262 e. The first kappa shape index (κ1) is 24.6. The summed E-state index contributed by atoms with van der Waals surface area (Å²) in [5.74, 6) is -1.35. The largest absolute Gasteiger partial charge is 0.490 e. The van der Waals surface area contributed by atoms with Crippen molar-refractivity contribution in [2.45, 2.75) is 39.2 Å². The number of hydrogen-bond acceptors (Lipinski definition) is 4. The fourth-order valence-electron chi connectivity index (χ4n) is 2.78. The first-order chi connectivity index (χ1) is 15.2. The maximum atomic E-state index is 14.1. The summed E-state index contributed by atoms with van der Waals surface area (Å²) in [6, 6.07) is 15.7. The summed E-state index contributed by atoms with van der Waals surface area (Å²) in [5.41, 5.74) is 0.972. The minimum Gasteiger partial charge on any atom is -0.490 e. The molecule has 32 heavy (non-hydrogen) atoms. The average molecular weight is 438 g/mol. The molecule has 0 saturated heterocycles. The van der Waals surface area contributed by atoms with Gasteiger partial charge in [0.2, 0.25) is 5.91 Å². The third-order valence-corrected chi connectivity index (χ3v) is 4.29. The lowest BCUT2D eigenvalue weighted by molar-refractivity contribution is -0.121. The van der Waals surface area contributed by atoms with Crippen molar-refractivity contribution in [2.24, 2.45) is 0 Å². The highest BCUT2D eigenvalue weighted by atomic mass is 19.1. The maximum Gasteiger partial charge on any atom is 0.262 e. The molecule has 0 aliphatic carbocycles. The van der Waals surface area contributed by atoms with Gasteiger partial charge in [-0.1, -0.05) is 36.4 Å². The molecule has 0 atom stereocenters. The van der Waals surface area contributed by atoms with Gasteiger partial charge in [-0.05, 0) is 56.5 Å². The lowest BCUT2D eigenvalue weighted by Gasteiger charge is -2.20. The molecule has 0 unspecified atom stereocenters. The zero-order valence-electron chi connectivity index (χ0n) is 18.6. The fourth-order valence-corrected chi connectivity index (χ4v) is 2.78. The van der Waals surface area contributed by atoms with Gasteiger partial charge in [0.1, 0.15) is 11.6 Å². The van der Waals surface area contributed by atoms with Crippen LogP contribution in [0.25, 0.3) is 6.08 Å². The second-order valence-corrected chi connectivity index (χ2v) is 8.25. The number of nitrogens with zero attached hydrogens (tertiary/aromatic N) is 1. The molecule has 0 aromatic heterocycles. The molecule has 0 fully saturated rings. The molecular formula is C25H28FN3O3. The highest BCUT2D eigenvalue weighted by molar-refractivity contribution is 6.02. The molecule has 7 heteroatoms. The van der Waals surface area contributed by atoms with Crippen LogP contribution in [0.4, 0.5) is 4.39 Å². The van der Waals surface area contributed by atoms with Crippen molar-refractivity contribution < 1.29 is 18.7 Å². The highest BCUT2D eigenvalue weighted by Gasteiger charge is 2.17. The molecular weight excluding hydrogens is 409 g/mol. The molecule has 0 radical (unpaired) electrons. The van der Waals surface area contributed by atoms with Crippen LogP contribution < -0.4 is 15.4 Å². The Balaban J connectivity index is 1.89. The zero-order chi connectivity index (χ0) is 23.6. The summed E-state index contributed by atoms with van der Waals surface area (Å²) in [5, 5.41) is 14.8. The van der Waals surface area contributed by atoms with Gasteiger partial charge in [-0.25, -0.2) is 4.39 Å². The number of amides is 2. The number of nitriles is 1. The first-order valence-electron chi connectivity index (χ1n) is 10.4. The van der Waals surface area contributed by atoms with Gasteiger partial charge < -0.3 is 15.4 Å². The summed E-state index contributed by atoms with van der Waals surface area (Å²) >= 11 is 0. The quantitative estimate of drug-likeness (QED) is 0.461. The molecule has 0 saturated carbocycles. The van der Waals surface area contributed by atoms with Crippen LogP contribution >= 0.6 is 0 Å². The van der Waals surface area contributed by atoms with E-state index in [4.69, 9.17) is 4.74 Å². The van der Waals surface area contributed by atoms with Crippen molar-refractivity contribution in [1.82, 2.24) is 10.6 Å². The molecule has 2 N–H and O–H groups in total. The van der Waals surface area contributed by atoms with Crippen molar-refractivity contribution in [1.29, 1.82) is 5.26 Å². The predicted octanol–water partition coefficient (Wildman–Crippen LogP) is 3.78. The van der Waals surface area contributed by atoms with Crippen molar-refractivity contribution >= 4 is 17.9 Å². The molecule has 2 aromatic carbocycles. The van der Waals surface area contributed by atoms with E-state index in [2.05, 4.69) is 10.6 Å². The van der Waals surface area contributed by atoms with E-state index >= 15 is 0 Å². The lowest BCUT2D eigenvalue weighted by Crippen LogP contribution is -2.41. The molecule has 2 aromatic rings. The summed E-state index contributed by atoms with van der Waals surface area (Å²) in [6.07, 6.45) is 2.16. The number of nitrogens with one attached hydrogen (secondary N) is 2. The lowest BCUT2D eigenvalue weighted by atomic mass is 10.1. The van der Waals surface area contributed by atoms with Gasteiger partial charge in [0.05, 0.1) is 13.0 Å². The Kier molecular flexibility index (Phi) is 8.96. The van der Waals surface area contributed by atoms with Crippen molar-refractivity contribution in [2.75, 3.05) is 13.2 Å². The van der Waals surface area contributed by atoms with E-state index < -0.39 is 17.3 Å². The maximum absolute atomic E-state index is 14.1. The van der Waals surface area contributed by atoms with E-state index in [9.17, 15) is 19.2 Å². The van der Waals surface area contributed by atoms with Gasteiger partial charge in [0.15, 0.2) is 11.6 Å². The number of benzene rings is 2. The fraction of sp³-hybridized carbons (Fsp3) is 0.320. The zero-order valence-corrected chi connectivity index (χ0v) is 18.6. The van der Waals surface area contributed by atoms with Crippen LogP contribution in [0.15, 0.2) is 54.1 Å². The SMILES string of the molecule is CC(C)(C)NC(=O)C(C#N)=Cc1ccc(F)c(OCCC(=O)NCCc2ccccc2)c1. The number of carbonyl (C=O) groups is 2. The Labute approximate surface area is 188 Å². The molecule has 0 aliphatic rings. The third kappa shape index (κ3) is 8.60. The van der Waals surface area contributed by atoms with E-state index in [0.29, 0.717) is 12.1 Å². The number of carbonyl (C=O) groups excluding carboxylic acids is 2. The van der Waals surface area contributed by atoms with Crippen LogP contribution in [-0.2, 0) is 16.0 Å². The topological polar surface area (TPSA) is 91.2 Å². The highest BCUT2D eigenvalue weighted by Crippen LogP contribution is 2.21. The van der Waals surface area contributed by atoms with E-state index in [1.54, 1.807) is 0 Å². The van der Waals surface area contributed by atoms with Gasteiger partial charge >= 0.3 is 0 Å². The molecule has 0 bridgehead atoms. The van der Waals surface area contributed by atoms with Crippen LogP contribution in [0.1, 0.15) is 38.3 Å². The van der Waals surface area contributed by atoms with Gasteiger partial charge in [-0.15, -0.1) is 0 Å². The molecule has 168 valence electrons. The minimum absolute atomic E-state index is 0.00310. The van der Waals surface area contributed by atoms with E-state index in [1.807, 2.05) is 57.2 Å². The molecule has 2 amide bonds. The van der Waals surface area contributed by atoms with E-state index in [0.717, 1.165) is 12.0 Å². The summed E-state index contributed by atoms with van der Waals surface area (Å²) < 4.78 is 19.5. The number of hydrogen-bond donors (Lipinski definition) is 2. The van der Waals surface area contributed by atoms with Crippen LogP contribution in [0, 0.1) is 17.1 Å². The Morgan fingerprint density at radius 3 is 2.53 bits per heavy atom. The number of halogens is 1. The summed E-state index contributed by atoms with van der Waals surface area (Å²) in [4.78, 5) is 24.2. The van der Waals surface area contributed by atoms with Crippen molar-refractivity contribution in [3.8, 4) is 11.8 Å². The second-order valence-electron chi connectivity index (χ2n) is 8.25. The van der Waals surface area contributed by atoms with Crippen LogP contribution in [0.2, 0.25) is 0 Å². The van der Waals surface area contributed by atoms with Gasteiger partial charge in [0, 0.05) is 12.1 Å². The van der Waals surface area contributed by atoms with Crippen LogP contribution in [-0.4, -0.2) is 30.5 Å². The Bertz CT molecular complexity index is 1010. The Hall–Kier alpha value is -3.66. The van der Waals surface area contributed by atoms with E-state index in [-0.39, 0.29) is 30.3 Å². The molecule has 0 heterocycles. The van der Waals surface area contributed by atoms with Crippen LogP contribution in [0.3, 0.4) is 0 Å². The first-order valence-corrected chi connectivity index (χ1v) is 10.4.